The number of nitrogens with zero attached hydrogens (tertiary/aromatic N) is 3. The highest BCUT2D eigenvalue weighted by Crippen LogP contribution is 2.20. The molecule has 3 aliphatic rings. The van der Waals surface area contributed by atoms with Crippen molar-refractivity contribution in [2.24, 2.45) is 0 Å². The van der Waals surface area contributed by atoms with Crippen LogP contribution in [0.5, 0.6) is 0 Å². The first-order valence-electron chi connectivity index (χ1n) is 9.85. The lowest BCUT2D eigenvalue weighted by molar-refractivity contribution is -0.132. The number of carbonyl (C=O) groups is 1. The van der Waals surface area contributed by atoms with Crippen LogP contribution in [0.3, 0.4) is 0 Å². The smallest absolute Gasteiger partial charge is 0.239 e. The maximum Gasteiger partial charge on any atom is 0.239 e. The van der Waals surface area contributed by atoms with E-state index in [1.165, 1.54) is 5.56 Å². The van der Waals surface area contributed by atoms with Crippen LogP contribution < -0.4 is 5.32 Å². The lowest BCUT2D eigenvalue weighted by Gasteiger charge is -2.38. The molecule has 1 N–H and O–H groups in total. The van der Waals surface area contributed by atoms with E-state index in [0.29, 0.717) is 19.0 Å². The number of carbonyl (C=O) groups excluding carboxylic acids is 1. The van der Waals surface area contributed by atoms with Crippen molar-refractivity contribution in [3.05, 3.63) is 35.9 Å². The number of hydrogen-bond donors (Lipinski definition) is 1. The van der Waals surface area contributed by atoms with Crippen LogP contribution >= 0.6 is 0 Å². The third-order valence-electron chi connectivity index (χ3n) is 6.02. The molecule has 26 heavy (non-hydrogen) atoms. The SMILES string of the molecule is O=C([C@@H]1C[C@H](N2CCN(Cc3ccccc3)CC2)CN1)N1CCC(F)C1. The maximum absolute atomic E-state index is 13.4. The predicted octanol–water partition coefficient (Wildman–Crippen LogP) is 1.11. The molecule has 6 heteroatoms. The molecule has 3 aliphatic heterocycles. The van der Waals surface area contributed by atoms with Crippen molar-refractivity contribution < 1.29 is 9.18 Å². The van der Waals surface area contributed by atoms with Gasteiger partial charge in [-0.2, -0.15) is 0 Å². The zero-order valence-electron chi connectivity index (χ0n) is 15.3. The van der Waals surface area contributed by atoms with Gasteiger partial charge in [0.25, 0.3) is 0 Å². The Kier molecular flexibility index (Phi) is 5.52. The minimum absolute atomic E-state index is 0.0929. The Morgan fingerprint density at radius 2 is 1.88 bits per heavy atom. The van der Waals surface area contributed by atoms with Gasteiger partial charge in [-0.1, -0.05) is 30.3 Å². The normalized spacial score (nSPS) is 30.8. The molecular formula is C20H29FN4O. The van der Waals surface area contributed by atoms with Crippen molar-refractivity contribution in [2.75, 3.05) is 45.8 Å². The third kappa shape index (κ3) is 4.08. The third-order valence-corrected chi connectivity index (χ3v) is 6.02. The lowest BCUT2D eigenvalue weighted by Crippen LogP contribution is -2.50. The molecule has 1 aromatic rings. The molecule has 1 unspecified atom stereocenters. The van der Waals surface area contributed by atoms with Crippen molar-refractivity contribution in [3.8, 4) is 0 Å². The van der Waals surface area contributed by atoms with Gasteiger partial charge in [-0.25, -0.2) is 4.39 Å². The molecule has 4 rings (SSSR count). The number of benzene rings is 1. The Morgan fingerprint density at radius 3 is 2.58 bits per heavy atom. The molecule has 3 fully saturated rings. The Morgan fingerprint density at radius 1 is 1.12 bits per heavy atom. The Hall–Kier alpha value is -1.50. The summed E-state index contributed by atoms with van der Waals surface area (Å²) in [7, 11) is 0. The van der Waals surface area contributed by atoms with Gasteiger partial charge < -0.3 is 10.2 Å². The van der Waals surface area contributed by atoms with Crippen LogP contribution in [0.2, 0.25) is 0 Å². The van der Waals surface area contributed by atoms with Gasteiger partial charge >= 0.3 is 0 Å². The van der Waals surface area contributed by atoms with Gasteiger partial charge in [0.15, 0.2) is 0 Å². The quantitative estimate of drug-likeness (QED) is 0.873. The standard InChI is InChI=1S/C20H29FN4O/c21-17-6-7-25(15-17)20(26)19-12-18(13-22-19)24-10-8-23(9-11-24)14-16-4-2-1-3-5-16/h1-5,17-19,22H,6-15H2/t17?,18-,19-/m0/s1. The average molecular weight is 360 g/mol. The molecule has 142 valence electrons. The fourth-order valence-electron chi connectivity index (χ4n) is 4.45. The molecule has 0 aliphatic carbocycles. The van der Waals surface area contributed by atoms with Gasteiger partial charge in [-0.15, -0.1) is 0 Å². The summed E-state index contributed by atoms with van der Waals surface area (Å²) < 4.78 is 13.4. The molecular weight excluding hydrogens is 331 g/mol. The van der Waals surface area contributed by atoms with E-state index in [-0.39, 0.29) is 18.5 Å². The Bertz CT molecular complexity index is 605. The lowest BCUT2D eigenvalue weighted by atomic mass is 10.1. The fraction of sp³-hybridized carbons (Fsp3) is 0.650. The fourth-order valence-corrected chi connectivity index (χ4v) is 4.45. The summed E-state index contributed by atoms with van der Waals surface area (Å²) >= 11 is 0. The summed E-state index contributed by atoms with van der Waals surface area (Å²) in [5.74, 6) is 0.0929. The molecule has 0 bridgehead atoms. The maximum atomic E-state index is 13.4. The summed E-state index contributed by atoms with van der Waals surface area (Å²) in [6, 6.07) is 10.9. The number of hydrogen-bond acceptors (Lipinski definition) is 4. The molecule has 1 aromatic carbocycles. The number of halogens is 1. The largest absolute Gasteiger partial charge is 0.338 e. The zero-order chi connectivity index (χ0) is 17.9. The molecule has 1 amide bonds. The van der Waals surface area contributed by atoms with Crippen molar-refractivity contribution in [3.63, 3.8) is 0 Å². The minimum Gasteiger partial charge on any atom is -0.338 e. The first kappa shape index (κ1) is 17.9. The van der Waals surface area contributed by atoms with E-state index in [0.717, 1.165) is 45.7 Å². The van der Waals surface area contributed by atoms with Gasteiger partial charge in [-0.3, -0.25) is 14.6 Å². The topological polar surface area (TPSA) is 38.8 Å². The number of amides is 1. The zero-order valence-corrected chi connectivity index (χ0v) is 15.3. The van der Waals surface area contributed by atoms with Crippen LogP contribution in [0.25, 0.3) is 0 Å². The van der Waals surface area contributed by atoms with Gasteiger partial charge in [0.05, 0.1) is 12.6 Å². The molecule has 0 spiro atoms. The van der Waals surface area contributed by atoms with E-state index in [1.807, 2.05) is 0 Å². The van der Waals surface area contributed by atoms with E-state index in [4.69, 9.17) is 0 Å². The van der Waals surface area contributed by atoms with Crippen LogP contribution in [0.15, 0.2) is 30.3 Å². The van der Waals surface area contributed by atoms with Gasteiger partial charge in [-0.05, 0) is 18.4 Å². The molecule has 3 atom stereocenters. The van der Waals surface area contributed by atoms with Crippen molar-refractivity contribution in [1.82, 2.24) is 20.0 Å². The van der Waals surface area contributed by atoms with Crippen molar-refractivity contribution in [1.29, 1.82) is 0 Å². The van der Waals surface area contributed by atoms with Crippen LogP contribution in [0, 0.1) is 0 Å². The predicted molar refractivity (Wildman–Crippen MR) is 99.6 cm³/mol. The Balaban J connectivity index is 1.23. The number of nitrogens with one attached hydrogen (secondary N) is 1. The summed E-state index contributed by atoms with van der Waals surface area (Å²) in [6.45, 7) is 6.97. The van der Waals surface area contributed by atoms with Crippen LogP contribution in [-0.2, 0) is 11.3 Å². The summed E-state index contributed by atoms with van der Waals surface area (Å²) in [6.07, 6.45) is 0.504. The minimum atomic E-state index is -0.839. The summed E-state index contributed by atoms with van der Waals surface area (Å²) in [5, 5.41) is 3.38. The number of alkyl halides is 1. The van der Waals surface area contributed by atoms with E-state index >= 15 is 0 Å². The van der Waals surface area contributed by atoms with Gasteiger partial charge in [0.1, 0.15) is 6.17 Å². The molecule has 3 heterocycles. The molecule has 0 saturated carbocycles. The second kappa shape index (κ2) is 8.03. The molecule has 3 saturated heterocycles. The van der Waals surface area contributed by atoms with Crippen molar-refractivity contribution >= 4 is 5.91 Å². The second-order valence-electron chi connectivity index (χ2n) is 7.82. The summed E-state index contributed by atoms with van der Waals surface area (Å²) in [5.41, 5.74) is 1.37. The first-order valence-corrected chi connectivity index (χ1v) is 9.85. The number of rotatable bonds is 4. The van der Waals surface area contributed by atoms with Crippen molar-refractivity contribution in [2.45, 2.75) is 37.6 Å². The van der Waals surface area contributed by atoms with E-state index in [2.05, 4.69) is 45.4 Å². The Labute approximate surface area is 155 Å². The first-order chi connectivity index (χ1) is 12.7. The monoisotopic (exact) mass is 360 g/mol. The number of likely N-dealkylation sites (tertiary alicyclic amines) is 1. The molecule has 0 radical (unpaired) electrons. The van der Waals surface area contributed by atoms with Gasteiger partial charge in [0.2, 0.25) is 5.91 Å². The highest BCUT2D eigenvalue weighted by atomic mass is 19.1. The van der Waals surface area contributed by atoms with Crippen LogP contribution in [-0.4, -0.2) is 84.7 Å². The van der Waals surface area contributed by atoms with E-state index < -0.39 is 6.17 Å². The molecule has 5 nitrogen and oxygen atoms in total. The highest BCUT2D eigenvalue weighted by Gasteiger charge is 2.37. The second-order valence-corrected chi connectivity index (χ2v) is 7.82. The highest BCUT2D eigenvalue weighted by molar-refractivity contribution is 5.82. The number of piperazine rings is 1. The van der Waals surface area contributed by atoms with Gasteiger partial charge in [0, 0.05) is 51.9 Å². The van der Waals surface area contributed by atoms with E-state index in [1.54, 1.807) is 4.90 Å². The van der Waals surface area contributed by atoms with E-state index in [9.17, 15) is 9.18 Å². The van der Waals surface area contributed by atoms with Crippen LogP contribution in [0.4, 0.5) is 4.39 Å². The van der Waals surface area contributed by atoms with Crippen LogP contribution in [0.1, 0.15) is 18.4 Å². The molecule has 0 aromatic heterocycles. The summed E-state index contributed by atoms with van der Waals surface area (Å²) in [4.78, 5) is 19.3. The average Bonchev–Trinajstić information content (AvgIpc) is 3.32.